The SMILES string of the molecule is COc1ccccc1C(=O)NC1C[C@H]2CCC[C@@H](C1)[NH+]2Cc1cccs1. The van der Waals surface area contributed by atoms with E-state index < -0.39 is 0 Å². The minimum absolute atomic E-state index is 0.00719. The number of benzene rings is 1. The molecule has 2 N–H and O–H groups in total. The molecule has 4 nitrogen and oxygen atoms in total. The maximum atomic E-state index is 12.8. The third-order valence-electron chi connectivity index (χ3n) is 5.94. The molecule has 2 aliphatic rings. The number of fused-ring (bicyclic) bond motifs is 2. The lowest BCUT2D eigenvalue weighted by Gasteiger charge is -2.45. The summed E-state index contributed by atoms with van der Waals surface area (Å²) in [6.45, 7) is 1.14. The predicted molar refractivity (Wildman–Crippen MR) is 104 cm³/mol. The van der Waals surface area contributed by atoms with Gasteiger partial charge in [0.15, 0.2) is 0 Å². The van der Waals surface area contributed by atoms with Crippen LogP contribution in [0.25, 0.3) is 0 Å². The fourth-order valence-electron chi connectivity index (χ4n) is 4.75. The minimum atomic E-state index is -0.00719. The smallest absolute Gasteiger partial charge is 0.255 e. The summed E-state index contributed by atoms with van der Waals surface area (Å²) in [5.74, 6) is 0.637. The van der Waals surface area contributed by atoms with E-state index in [9.17, 15) is 4.79 Å². The lowest BCUT2D eigenvalue weighted by Crippen LogP contribution is -3.20. The van der Waals surface area contributed by atoms with Crippen molar-refractivity contribution < 1.29 is 14.4 Å². The van der Waals surface area contributed by atoms with E-state index in [1.807, 2.05) is 35.6 Å². The molecule has 4 atom stereocenters. The highest BCUT2D eigenvalue weighted by atomic mass is 32.1. The van der Waals surface area contributed by atoms with Crippen LogP contribution in [0.2, 0.25) is 0 Å². The summed E-state index contributed by atoms with van der Waals surface area (Å²) in [5.41, 5.74) is 0.633. The average Bonchev–Trinajstić information content (AvgIpc) is 3.15. The third kappa shape index (κ3) is 3.64. The van der Waals surface area contributed by atoms with Gasteiger partial charge in [-0.05, 0) is 42.8 Å². The number of thiophene rings is 1. The Bertz CT molecular complexity index is 732. The Balaban J connectivity index is 1.43. The Morgan fingerprint density at radius 3 is 2.65 bits per heavy atom. The number of amides is 1. The van der Waals surface area contributed by atoms with Gasteiger partial charge < -0.3 is 15.0 Å². The van der Waals surface area contributed by atoms with Crippen LogP contribution >= 0.6 is 11.3 Å². The van der Waals surface area contributed by atoms with Crippen LogP contribution in [-0.2, 0) is 6.54 Å². The van der Waals surface area contributed by atoms with Gasteiger partial charge in [-0.1, -0.05) is 18.2 Å². The number of ether oxygens (including phenoxy) is 1. The highest BCUT2D eigenvalue weighted by Crippen LogP contribution is 2.24. The van der Waals surface area contributed by atoms with Gasteiger partial charge in [-0.3, -0.25) is 4.79 Å². The largest absolute Gasteiger partial charge is 0.496 e. The topological polar surface area (TPSA) is 42.8 Å². The zero-order valence-electron chi connectivity index (χ0n) is 15.2. The Morgan fingerprint density at radius 2 is 1.96 bits per heavy atom. The molecule has 4 rings (SSSR count). The number of carbonyl (C=O) groups is 1. The van der Waals surface area contributed by atoms with Crippen LogP contribution in [0.15, 0.2) is 41.8 Å². The van der Waals surface area contributed by atoms with Gasteiger partial charge in [-0.25, -0.2) is 0 Å². The molecule has 2 aromatic rings. The van der Waals surface area contributed by atoms with Crippen molar-refractivity contribution >= 4 is 17.2 Å². The number of hydrogen-bond acceptors (Lipinski definition) is 3. The average molecular weight is 372 g/mol. The molecule has 0 saturated carbocycles. The fourth-order valence-corrected chi connectivity index (χ4v) is 5.49. The fraction of sp³-hybridized carbons (Fsp3) is 0.476. The highest BCUT2D eigenvalue weighted by Gasteiger charge is 2.42. The molecule has 1 aromatic carbocycles. The molecule has 2 fully saturated rings. The molecule has 1 amide bonds. The quantitative estimate of drug-likeness (QED) is 0.849. The first-order valence-electron chi connectivity index (χ1n) is 9.56. The number of piperidine rings is 2. The second-order valence-corrected chi connectivity index (χ2v) is 8.53. The second-order valence-electron chi connectivity index (χ2n) is 7.50. The molecule has 0 radical (unpaired) electrons. The van der Waals surface area contributed by atoms with Crippen LogP contribution in [0, 0.1) is 0 Å². The number of methoxy groups -OCH3 is 1. The number of hydrogen-bond donors (Lipinski definition) is 2. The first-order chi connectivity index (χ1) is 12.7. The van der Waals surface area contributed by atoms with Crippen molar-refractivity contribution in [2.24, 2.45) is 0 Å². The number of rotatable bonds is 5. The molecular weight excluding hydrogens is 344 g/mol. The molecule has 3 heterocycles. The van der Waals surface area contributed by atoms with E-state index in [0.29, 0.717) is 23.4 Å². The molecule has 2 aliphatic heterocycles. The zero-order valence-corrected chi connectivity index (χ0v) is 16.1. The lowest BCUT2D eigenvalue weighted by atomic mass is 9.81. The van der Waals surface area contributed by atoms with Crippen LogP contribution < -0.4 is 15.0 Å². The zero-order chi connectivity index (χ0) is 17.9. The maximum absolute atomic E-state index is 12.8. The van der Waals surface area contributed by atoms with Crippen molar-refractivity contribution in [1.29, 1.82) is 0 Å². The first-order valence-corrected chi connectivity index (χ1v) is 10.4. The number of nitrogens with one attached hydrogen (secondary N) is 2. The van der Waals surface area contributed by atoms with Gasteiger partial charge in [0, 0.05) is 18.9 Å². The van der Waals surface area contributed by atoms with Gasteiger partial charge in [-0.2, -0.15) is 0 Å². The van der Waals surface area contributed by atoms with Crippen molar-refractivity contribution in [2.75, 3.05) is 7.11 Å². The van der Waals surface area contributed by atoms with Crippen molar-refractivity contribution in [3.8, 4) is 5.75 Å². The summed E-state index contributed by atoms with van der Waals surface area (Å²) < 4.78 is 5.34. The predicted octanol–water partition coefficient (Wildman–Crippen LogP) is 2.66. The lowest BCUT2D eigenvalue weighted by molar-refractivity contribution is -0.973. The Hall–Kier alpha value is -1.85. The summed E-state index contributed by atoms with van der Waals surface area (Å²) in [7, 11) is 1.61. The van der Waals surface area contributed by atoms with Gasteiger partial charge in [0.1, 0.15) is 12.3 Å². The van der Waals surface area contributed by atoms with Gasteiger partial charge in [-0.15, -0.1) is 11.3 Å². The highest BCUT2D eigenvalue weighted by molar-refractivity contribution is 7.09. The van der Waals surface area contributed by atoms with Gasteiger partial charge in [0.2, 0.25) is 0 Å². The molecule has 2 saturated heterocycles. The van der Waals surface area contributed by atoms with E-state index in [-0.39, 0.29) is 11.9 Å². The van der Waals surface area contributed by atoms with Gasteiger partial charge >= 0.3 is 0 Å². The number of para-hydroxylation sites is 1. The Kier molecular flexibility index (Phi) is 5.27. The molecule has 5 heteroatoms. The van der Waals surface area contributed by atoms with E-state index in [0.717, 1.165) is 19.4 Å². The molecule has 26 heavy (non-hydrogen) atoms. The van der Waals surface area contributed by atoms with E-state index in [2.05, 4.69) is 22.8 Å². The van der Waals surface area contributed by atoms with Crippen LogP contribution in [-0.4, -0.2) is 31.1 Å². The first kappa shape index (κ1) is 17.6. The van der Waals surface area contributed by atoms with Gasteiger partial charge in [0.05, 0.1) is 29.6 Å². The summed E-state index contributed by atoms with van der Waals surface area (Å²) in [5, 5.41) is 5.46. The van der Waals surface area contributed by atoms with Crippen LogP contribution in [0.3, 0.4) is 0 Å². The van der Waals surface area contributed by atoms with Crippen molar-refractivity contribution in [2.45, 2.75) is 56.8 Å². The normalized spacial score (nSPS) is 27.7. The Morgan fingerprint density at radius 1 is 1.19 bits per heavy atom. The summed E-state index contributed by atoms with van der Waals surface area (Å²) in [6, 6.07) is 13.5. The van der Waals surface area contributed by atoms with E-state index >= 15 is 0 Å². The van der Waals surface area contributed by atoms with Crippen LogP contribution in [0.1, 0.15) is 47.3 Å². The summed E-state index contributed by atoms with van der Waals surface area (Å²) in [4.78, 5) is 16.0. The van der Waals surface area contributed by atoms with Crippen LogP contribution in [0.5, 0.6) is 5.75 Å². The number of carbonyl (C=O) groups excluding carboxylic acids is 1. The molecule has 2 bridgehead atoms. The summed E-state index contributed by atoms with van der Waals surface area (Å²) in [6.07, 6.45) is 6.04. The molecule has 0 aliphatic carbocycles. The van der Waals surface area contributed by atoms with Crippen molar-refractivity contribution in [1.82, 2.24) is 5.32 Å². The second kappa shape index (κ2) is 7.80. The maximum Gasteiger partial charge on any atom is 0.255 e. The van der Waals surface area contributed by atoms with Crippen molar-refractivity contribution in [3.63, 3.8) is 0 Å². The number of quaternary nitrogens is 1. The molecule has 138 valence electrons. The van der Waals surface area contributed by atoms with Crippen LogP contribution in [0.4, 0.5) is 0 Å². The van der Waals surface area contributed by atoms with E-state index in [4.69, 9.17) is 4.74 Å². The molecular formula is C21H27N2O2S+. The standard InChI is InChI=1S/C21H26N2O2S/c1-25-20-10-3-2-9-19(20)21(24)22-15-12-16-6-4-7-17(13-15)23(16)14-18-8-5-11-26-18/h2-3,5,8-11,15-17H,4,6-7,12-14H2,1H3,(H,22,24)/p+1/t15?,16-,17+. The molecule has 0 spiro atoms. The third-order valence-corrected chi connectivity index (χ3v) is 6.81. The monoisotopic (exact) mass is 371 g/mol. The molecule has 2 unspecified atom stereocenters. The summed E-state index contributed by atoms with van der Waals surface area (Å²) >= 11 is 1.86. The Labute approximate surface area is 159 Å². The molecule has 1 aromatic heterocycles. The minimum Gasteiger partial charge on any atom is -0.496 e. The van der Waals surface area contributed by atoms with E-state index in [1.165, 1.54) is 24.1 Å². The van der Waals surface area contributed by atoms with E-state index in [1.54, 1.807) is 12.0 Å². The van der Waals surface area contributed by atoms with Crippen molar-refractivity contribution in [3.05, 3.63) is 52.2 Å². The van der Waals surface area contributed by atoms with Gasteiger partial charge in [0.25, 0.3) is 5.91 Å².